The Morgan fingerprint density at radius 3 is 2.35 bits per heavy atom. The van der Waals surface area contributed by atoms with Crippen molar-refractivity contribution in [3.63, 3.8) is 0 Å². The zero-order valence-electron chi connectivity index (χ0n) is 14.3. The summed E-state index contributed by atoms with van der Waals surface area (Å²) >= 11 is 0. The van der Waals surface area contributed by atoms with Gasteiger partial charge in [-0.3, -0.25) is 4.55 Å². The van der Waals surface area contributed by atoms with Crippen LogP contribution in [0.25, 0.3) is 0 Å². The predicted molar refractivity (Wildman–Crippen MR) is 87.6 cm³/mol. The summed E-state index contributed by atoms with van der Waals surface area (Å²) < 4.78 is 77.8. The van der Waals surface area contributed by atoms with Gasteiger partial charge in [-0.25, -0.2) is 9.18 Å². The molecule has 0 saturated heterocycles. The molecule has 0 aliphatic heterocycles. The van der Waals surface area contributed by atoms with Crippen molar-refractivity contribution in [2.24, 2.45) is 0 Å². The lowest BCUT2D eigenvalue weighted by atomic mass is 9.99. The second kappa shape index (κ2) is 9.22. The van der Waals surface area contributed by atoms with Crippen molar-refractivity contribution in [3.8, 4) is 5.75 Å². The van der Waals surface area contributed by atoms with Gasteiger partial charge in [-0.2, -0.15) is 17.2 Å². The Kier molecular flexibility index (Phi) is 7.88. The normalized spacial score (nSPS) is 14.5. The lowest BCUT2D eigenvalue weighted by Gasteiger charge is -2.17. The zero-order valence-corrected chi connectivity index (χ0v) is 15.1. The topological polar surface area (TPSA) is 89.9 Å². The molecule has 6 nitrogen and oxygen atoms in total. The van der Waals surface area contributed by atoms with Crippen LogP contribution in [0.4, 0.5) is 13.2 Å². The van der Waals surface area contributed by atoms with Gasteiger partial charge in [0.1, 0.15) is 5.75 Å². The van der Waals surface area contributed by atoms with Crippen LogP contribution in [-0.4, -0.2) is 43.6 Å². The first-order valence-electron chi connectivity index (χ1n) is 7.86. The number of esters is 1. The lowest BCUT2D eigenvalue weighted by molar-refractivity contribution is -0.147. The van der Waals surface area contributed by atoms with Gasteiger partial charge in [0.05, 0.1) is 6.61 Å². The summed E-state index contributed by atoms with van der Waals surface area (Å²) in [6, 6.07) is 7.03. The van der Waals surface area contributed by atoms with E-state index in [0.29, 0.717) is 11.7 Å². The van der Waals surface area contributed by atoms with Gasteiger partial charge in [0.15, 0.2) is 12.8 Å². The monoisotopic (exact) mass is 398 g/mol. The summed E-state index contributed by atoms with van der Waals surface area (Å²) in [4.78, 5) is 11.4. The molecule has 2 atom stereocenters. The van der Waals surface area contributed by atoms with Gasteiger partial charge in [-0.05, 0) is 30.0 Å². The van der Waals surface area contributed by atoms with E-state index in [-0.39, 0.29) is 0 Å². The average Bonchev–Trinajstić information content (AvgIpc) is 2.58. The van der Waals surface area contributed by atoms with Gasteiger partial charge < -0.3 is 9.47 Å². The van der Waals surface area contributed by atoms with Gasteiger partial charge in [0.25, 0.3) is 0 Å². The molecule has 148 valence electrons. The largest absolute Gasteiger partial charge is 0.482 e. The Morgan fingerprint density at radius 2 is 1.85 bits per heavy atom. The molecule has 1 N–H and O–H groups in total. The molecule has 0 saturated carbocycles. The minimum Gasteiger partial charge on any atom is -0.482 e. The number of halogens is 3. The van der Waals surface area contributed by atoms with Crippen LogP contribution < -0.4 is 4.74 Å². The maximum Gasteiger partial charge on any atom is 0.400 e. The highest BCUT2D eigenvalue weighted by atomic mass is 32.2. The number of alkyl halides is 3. The fourth-order valence-electron chi connectivity index (χ4n) is 1.92. The van der Waals surface area contributed by atoms with Crippen LogP contribution in [0.1, 0.15) is 38.2 Å². The van der Waals surface area contributed by atoms with E-state index in [1.807, 2.05) is 12.1 Å². The van der Waals surface area contributed by atoms with Crippen molar-refractivity contribution in [1.82, 2.24) is 0 Å². The van der Waals surface area contributed by atoms with E-state index in [2.05, 4.69) is 18.6 Å². The molecule has 0 bridgehead atoms. The first-order valence-corrected chi connectivity index (χ1v) is 9.30. The van der Waals surface area contributed by atoms with E-state index in [4.69, 9.17) is 9.29 Å². The average molecular weight is 398 g/mol. The molecule has 10 heteroatoms. The fraction of sp³-hybridized carbons (Fsp3) is 0.562. The molecule has 0 amide bonds. The second-order valence-corrected chi connectivity index (χ2v) is 7.17. The maximum absolute atomic E-state index is 13.2. The number of carbonyl (C=O) groups is 1. The van der Waals surface area contributed by atoms with Crippen molar-refractivity contribution in [1.29, 1.82) is 0 Å². The molecule has 2 unspecified atom stereocenters. The molecule has 0 heterocycles. The third-order valence-corrected chi connectivity index (χ3v) is 4.70. The summed E-state index contributed by atoms with van der Waals surface area (Å²) in [6.45, 7) is 2.81. The number of ether oxygens (including phenoxy) is 2. The van der Waals surface area contributed by atoms with Gasteiger partial charge in [0.2, 0.25) is 0 Å². The van der Waals surface area contributed by atoms with Crippen LogP contribution >= 0.6 is 0 Å². The molecule has 1 aromatic rings. The van der Waals surface area contributed by atoms with Crippen LogP contribution in [0.2, 0.25) is 0 Å². The van der Waals surface area contributed by atoms with E-state index < -0.39 is 47.1 Å². The highest BCUT2D eigenvalue weighted by molar-refractivity contribution is 7.86. The standard InChI is InChI=1S/C16H21F3O6S/c1-3-11(2)12-4-6-13(7-5-12)25-10-15(20)24-9-8-14(17)16(18,19)26(21,22)23/h4-7,11,14H,3,8-10H2,1-2H3,(H,21,22,23). The molecular formula is C16H21F3O6S. The third-order valence-electron chi connectivity index (χ3n) is 3.76. The van der Waals surface area contributed by atoms with Crippen molar-refractivity contribution in [2.45, 2.75) is 44.0 Å². The quantitative estimate of drug-likeness (QED) is 0.480. The Morgan fingerprint density at radius 1 is 1.27 bits per heavy atom. The Hall–Kier alpha value is -1.81. The zero-order chi connectivity index (χ0) is 20.0. The van der Waals surface area contributed by atoms with Crippen LogP contribution in [-0.2, 0) is 19.6 Å². The van der Waals surface area contributed by atoms with Crippen LogP contribution in [0.5, 0.6) is 5.75 Å². The van der Waals surface area contributed by atoms with Gasteiger partial charge in [0, 0.05) is 6.42 Å². The Bertz CT molecular complexity index is 690. The van der Waals surface area contributed by atoms with Crippen molar-refractivity contribution < 1.29 is 40.4 Å². The van der Waals surface area contributed by atoms with Gasteiger partial charge in [-0.1, -0.05) is 26.0 Å². The number of hydrogen-bond acceptors (Lipinski definition) is 5. The van der Waals surface area contributed by atoms with Crippen LogP contribution in [0, 0.1) is 0 Å². The Labute approximate surface area is 150 Å². The number of hydrogen-bond donors (Lipinski definition) is 1. The minimum atomic E-state index is -5.88. The molecule has 0 aliphatic rings. The molecule has 1 rings (SSSR count). The SMILES string of the molecule is CCC(C)c1ccc(OCC(=O)OCCC(F)C(F)(F)S(=O)(=O)O)cc1. The predicted octanol–water partition coefficient (Wildman–Crippen LogP) is 3.33. The molecule has 26 heavy (non-hydrogen) atoms. The molecule has 0 aromatic heterocycles. The number of carbonyl (C=O) groups excluding carboxylic acids is 1. The first kappa shape index (κ1) is 22.2. The molecular weight excluding hydrogens is 377 g/mol. The van der Waals surface area contributed by atoms with E-state index >= 15 is 0 Å². The lowest BCUT2D eigenvalue weighted by Crippen LogP contribution is -2.39. The highest BCUT2D eigenvalue weighted by Crippen LogP contribution is 2.29. The molecule has 0 aliphatic carbocycles. The highest BCUT2D eigenvalue weighted by Gasteiger charge is 2.52. The van der Waals surface area contributed by atoms with Gasteiger partial charge in [-0.15, -0.1) is 0 Å². The molecule has 0 radical (unpaired) electrons. The third kappa shape index (κ3) is 6.17. The van der Waals surface area contributed by atoms with Crippen molar-refractivity contribution >= 4 is 16.1 Å². The number of rotatable bonds is 10. The van der Waals surface area contributed by atoms with Crippen molar-refractivity contribution in [3.05, 3.63) is 29.8 Å². The van der Waals surface area contributed by atoms with E-state index in [1.54, 1.807) is 12.1 Å². The Balaban J connectivity index is 2.39. The van der Waals surface area contributed by atoms with Crippen LogP contribution in [0.3, 0.4) is 0 Å². The summed E-state index contributed by atoms with van der Waals surface area (Å²) in [5.41, 5.74) is 1.11. The van der Waals surface area contributed by atoms with Gasteiger partial charge >= 0.3 is 21.3 Å². The van der Waals surface area contributed by atoms with E-state index in [0.717, 1.165) is 12.0 Å². The smallest absolute Gasteiger partial charge is 0.400 e. The van der Waals surface area contributed by atoms with Crippen LogP contribution in [0.15, 0.2) is 24.3 Å². The molecule has 1 aromatic carbocycles. The summed E-state index contributed by atoms with van der Waals surface area (Å²) in [5.74, 6) is -0.155. The minimum absolute atomic E-state index is 0.378. The maximum atomic E-state index is 13.2. The van der Waals surface area contributed by atoms with Crippen molar-refractivity contribution in [2.75, 3.05) is 13.2 Å². The molecule has 0 spiro atoms. The van der Waals surface area contributed by atoms with E-state index in [9.17, 15) is 26.4 Å². The fourth-order valence-corrected chi connectivity index (χ4v) is 2.36. The van der Waals surface area contributed by atoms with E-state index in [1.165, 1.54) is 0 Å². The summed E-state index contributed by atoms with van der Waals surface area (Å²) in [6.07, 6.45) is -3.33. The summed E-state index contributed by atoms with van der Waals surface area (Å²) in [5, 5.41) is -4.97. The second-order valence-electron chi connectivity index (χ2n) is 5.68. The molecule has 0 fully saturated rings. The summed E-state index contributed by atoms with van der Waals surface area (Å²) in [7, 11) is -5.88. The number of benzene rings is 1. The first-order chi connectivity index (χ1) is 12.0.